The van der Waals surface area contributed by atoms with Crippen molar-refractivity contribution < 1.29 is 13.2 Å². The molecule has 0 bridgehead atoms. The molecule has 0 unspecified atom stereocenters. The fraction of sp³-hybridized carbons (Fsp3) is 0.286. The van der Waals surface area contributed by atoms with E-state index in [4.69, 9.17) is 9.84 Å². The fourth-order valence-corrected chi connectivity index (χ4v) is 5.20. The number of methoxy groups -OCH3 is 1. The van der Waals surface area contributed by atoms with Crippen molar-refractivity contribution in [3.8, 4) is 17.0 Å². The molecule has 198 valence electrons. The highest BCUT2D eigenvalue weighted by Gasteiger charge is 2.19. The summed E-state index contributed by atoms with van der Waals surface area (Å²) in [6, 6.07) is 17.3. The summed E-state index contributed by atoms with van der Waals surface area (Å²) in [5.74, 6) is 1.10. The van der Waals surface area contributed by atoms with E-state index in [-0.39, 0.29) is 0 Å². The lowest BCUT2D eigenvalue weighted by atomic mass is 9.99. The summed E-state index contributed by atoms with van der Waals surface area (Å²) in [6.45, 7) is 5.26. The van der Waals surface area contributed by atoms with Crippen molar-refractivity contribution in [3.63, 3.8) is 0 Å². The first-order chi connectivity index (χ1) is 18.3. The maximum absolute atomic E-state index is 12.3. The molecule has 10 heteroatoms. The molecule has 0 radical (unpaired) electrons. The number of hydrogen-bond acceptors (Lipinski definition) is 7. The topological polar surface area (TPSA) is 92.1 Å². The number of hydrogen-bond donors (Lipinski definition) is 1. The van der Waals surface area contributed by atoms with Crippen LogP contribution in [0.3, 0.4) is 0 Å². The predicted octanol–water partition coefficient (Wildman–Crippen LogP) is 4.65. The minimum Gasteiger partial charge on any atom is -0.495 e. The van der Waals surface area contributed by atoms with Gasteiger partial charge in [-0.05, 0) is 54.4 Å². The molecule has 0 fully saturated rings. The van der Waals surface area contributed by atoms with Crippen LogP contribution < -0.4 is 14.4 Å². The lowest BCUT2D eigenvalue weighted by Crippen LogP contribution is -2.28. The Labute approximate surface area is 223 Å². The van der Waals surface area contributed by atoms with Crippen molar-refractivity contribution in [2.24, 2.45) is 0 Å². The van der Waals surface area contributed by atoms with Gasteiger partial charge in [0.25, 0.3) is 0 Å². The number of aromatic nitrogens is 3. The second kappa shape index (κ2) is 10.5. The minimum atomic E-state index is -3.44. The molecule has 9 nitrogen and oxygen atoms in total. The first kappa shape index (κ1) is 25.7. The van der Waals surface area contributed by atoms with Crippen molar-refractivity contribution in [2.45, 2.75) is 13.3 Å². The summed E-state index contributed by atoms with van der Waals surface area (Å²) in [5.41, 5.74) is 6.09. The number of likely N-dealkylation sites (N-methyl/N-ethyl adjacent to an activating group) is 1. The number of rotatable bonds is 8. The largest absolute Gasteiger partial charge is 0.495 e. The Morgan fingerprint density at radius 1 is 1.13 bits per heavy atom. The van der Waals surface area contributed by atoms with Gasteiger partial charge in [0.1, 0.15) is 5.75 Å². The van der Waals surface area contributed by atoms with E-state index in [1.165, 1.54) is 16.1 Å². The van der Waals surface area contributed by atoms with Crippen LogP contribution in [0.15, 0.2) is 66.9 Å². The maximum Gasteiger partial charge on any atom is 0.245 e. The number of sulfonamides is 1. The first-order valence-electron chi connectivity index (χ1n) is 12.5. The molecular weight excluding hydrogens is 500 g/mol. The van der Waals surface area contributed by atoms with Gasteiger partial charge in [0.05, 0.1) is 42.1 Å². The van der Waals surface area contributed by atoms with Crippen LogP contribution in [0.5, 0.6) is 5.75 Å². The lowest BCUT2D eigenvalue weighted by Gasteiger charge is -2.25. The number of nitrogens with zero attached hydrogens (tertiary/aromatic N) is 5. The summed E-state index contributed by atoms with van der Waals surface area (Å²) in [7, 11) is -0.235. The molecule has 0 atom stereocenters. The molecule has 1 N–H and O–H groups in total. The Morgan fingerprint density at radius 2 is 1.95 bits per heavy atom. The van der Waals surface area contributed by atoms with Crippen LogP contribution in [0.4, 0.5) is 17.3 Å². The highest BCUT2D eigenvalue weighted by molar-refractivity contribution is 7.92. The predicted molar refractivity (Wildman–Crippen MR) is 153 cm³/mol. The van der Waals surface area contributed by atoms with Gasteiger partial charge in [-0.25, -0.2) is 17.9 Å². The van der Waals surface area contributed by atoms with Gasteiger partial charge in [0.2, 0.25) is 16.0 Å². The summed E-state index contributed by atoms with van der Waals surface area (Å²) in [5, 5.41) is 8.02. The van der Waals surface area contributed by atoms with Crippen LogP contribution in [-0.2, 0) is 10.0 Å². The molecule has 2 aromatic heterocycles. The van der Waals surface area contributed by atoms with Crippen molar-refractivity contribution in [2.75, 3.05) is 49.7 Å². The van der Waals surface area contributed by atoms with Gasteiger partial charge in [-0.1, -0.05) is 37.3 Å². The van der Waals surface area contributed by atoms with Crippen LogP contribution in [0, 0.1) is 0 Å². The second-order valence-corrected chi connectivity index (χ2v) is 11.3. The Kier molecular flexibility index (Phi) is 7.09. The van der Waals surface area contributed by atoms with E-state index in [1.807, 2.05) is 42.5 Å². The second-order valence-electron chi connectivity index (χ2n) is 9.30. The molecule has 1 aliphatic rings. The molecule has 5 rings (SSSR count). The van der Waals surface area contributed by atoms with Crippen LogP contribution in [-0.4, -0.2) is 68.0 Å². The zero-order valence-corrected chi connectivity index (χ0v) is 22.9. The quantitative estimate of drug-likeness (QED) is 0.353. The molecule has 38 heavy (non-hydrogen) atoms. The van der Waals surface area contributed by atoms with Gasteiger partial charge in [0.15, 0.2) is 0 Å². The number of anilines is 3. The van der Waals surface area contributed by atoms with Crippen molar-refractivity contribution in [3.05, 3.63) is 72.4 Å². The van der Waals surface area contributed by atoms with Gasteiger partial charge in [0, 0.05) is 25.7 Å². The molecule has 0 aliphatic carbocycles. The third-order valence-electron chi connectivity index (χ3n) is 6.97. The van der Waals surface area contributed by atoms with Crippen molar-refractivity contribution in [1.29, 1.82) is 0 Å². The van der Waals surface area contributed by atoms with Crippen LogP contribution >= 0.6 is 0 Å². The average Bonchev–Trinajstić information content (AvgIpc) is 3.35. The van der Waals surface area contributed by atoms with E-state index in [0.717, 1.165) is 54.1 Å². The molecule has 0 spiro atoms. The lowest BCUT2D eigenvalue weighted by molar-refractivity contribution is 0.318. The fourth-order valence-electron chi connectivity index (χ4n) is 4.68. The highest BCUT2D eigenvalue weighted by Crippen LogP contribution is 2.34. The molecule has 1 aliphatic heterocycles. The molecule has 2 aromatic carbocycles. The highest BCUT2D eigenvalue weighted by atomic mass is 32.2. The summed E-state index contributed by atoms with van der Waals surface area (Å²) < 4.78 is 33.2. The van der Waals surface area contributed by atoms with Gasteiger partial charge < -0.3 is 10.1 Å². The monoisotopic (exact) mass is 532 g/mol. The van der Waals surface area contributed by atoms with E-state index in [1.54, 1.807) is 30.9 Å². The number of ether oxygens (including phenoxy) is 1. The number of para-hydroxylation sites is 1. The summed E-state index contributed by atoms with van der Waals surface area (Å²) >= 11 is 0. The van der Waals surface area contributed by atoms with Crippen molar-refractivity contribution >= 4 is 38.4 Å². The molecule has 0 saturated carbocycles. The Morgan fingerprint density at radius 3 is 2.66 bits per heavy atom. The van der Waals surface area contributed by atoms with Crippen molar-refractivity contribution in [1.82, 2.24) is 19.5 Å². The van der Waals surface area contributed by atoms with E-state index in [9.17, 15) is 8.42 Å². The number of nitrogens with one attached hydrogen (secondary N) is 1. The van der Waals surface area contributed by atoms with Gasteiger partial charge in [-0.2, -0.15) is 0 Å². The van der Waals surface area contributed by atoms with Crippen LogP contribution in [0.25, 0.3) is 22.3 Å². The molecular formula is C28H32N6O3S. The first-order valence-corrected chi connectivity index (χ1v) is 14.4. The van der Waals surface area contributed by atoms with E-state index in [0.29, 0.717) is 17.4 Å². The van der Waals surface area contributed by atoms with Gasteiger partial charge >= 0.3 is 0 Å². The SMILES string of the molecule is CCN1CC=C(c2ccc(Nc3ncc4ccc(-c5ccccc5N(C)S(C)(=O)=O)n4n3)c(OC)c2)CC1. The molecule has 0 saturated heterocycles. The molecule has 3 heterocycles. The summed E-state index contributed by atoms with van der Waals surface area (Å²) in [4.78, 5) is 6.90. The van der Waals surface area contributed by atoms with E-state index >= 15 is 0 Å². The Hall–Kier alpha value is -3.89. The summed E-state index contributed by atoms with van der Waals surface area (Å²) in [6.07, 6.45) is 6.22. The Bertz CT molecular complexity index is 1610. The minimum absolute atomic E-state index is 0.394. The third kappa shape index (κ3) is 5.09. The maximum atomic E-state index is 12.3. The van der Waals surface area contributed by atoms with Crippen LogP contribution in [0.1, 0.15) is 18.9 Å². The van der Waals surface area contributed by atoms with Gasteiger partial charge in [-0.3, -0.25) is 9.21 Å². The Balaban J connectivity index is 1.47. The number of fused-ring (bicyclic) bond motifs is 1. The standard InChI is InChI=1S/C28H32N6O3S/c1-5-33-16-14-20(15-17-33)21-10-12-24(27(18-21)37-3)30-28-29-19-22-11-13-26(34(22)31-28)23-8-6-7-9-25(23)32(2)38(4,35)36/h6-14,18-19H,5,15-17H2,1-4H3,(H,30,31). The van der Waals surface area contributed by atoms with E-state index < -0.39 is 10.0 Å². The number of benzene rings is 2. The molecule has 4 aromatic rings. The van der Waals surface area contributed by atoms with Gasteiger partial charge in [-0.15, -0.1) is 5.10 Å². The van der Waals surface area contributed by atoms with Crippen LogP contribution in [0.2, 0.25) is 0 Å². The third-order valence-corrected chi connectivity index (χ3v) is 8.17. The smallest absolute Gasteiger partial charge is 0.245 e. The molecule has 0 amide bonds. The zero-order chi connectivity index (χ0) is 26.9. The zero-order valence-electron chi connectivity index (χ0n) is 22.0. The normalized spacial score (nSPS) is 14.4. The average molecular weight is 533 g/mol. The van der Waals surface area contributed by atoms with E-state index in [2.05, 4.69) is 34.3 Å².